The summed E-state index contributed by atoms with van der Waals surface area (Å²) in [6.45, 7) is 13.4. The molecule has 10 aromatic rings. The first-order valence-corrected chi connectivity index (χ1v) is 32.8. The van der Waals surface area contributed by atoms with E-state index in [4.69, 9.17) is 17.0 Å². The molecule has 10 rings (SSSR count). The molecule has 10 aromatic carbocycles. The second kappa shape index (κ2) is 17.5. The molecule has 0 fully saturated rings. The van der Waals surface area contributed by atoms with Gasteiger partial charge >= 0.3 is 53.5 Å². The van der Waals surface area contributed by atoms with E-state index < -0.39 is 18.0 Å². The third-order valence-corrected chi connectivity index (χ3v) is 31.1. The number of halogens is 2. The van der Waals surface area contributed by atoms with Crippen LogP contribution < -0.4 is 0 Å². The molecule has 0 N–H and O–H groups in total. The van der Waals surface area contributed by atoms with Crippen LogP contribution in [0.3, 0.4) is 0 Å². The van der Waals surface area contributed by atoms with Gasteiger partial charge in [-0.15, -0.1) is 69.1 Å². The molecule has 288 valence electrons. The van der Waals surface area contributed by atoms with Crippen LogP contribution in [0.4, 0.5) is 0 Å². The van der Waals surface area contributed by atoms with E-state index in [9.17, 15) is 0 Å². The monoisotopic (exact) mass is 884 g/mol. The normalized spacial score (nSPS) is 11.4. The van der Waals surface area contributed by atoms with Crippen molar-refractivity contribution in [2.24, 2.45) is 0 Å². The van der Waals surface area contributed by atoms with Crippen LogP contribution in [0.2, 0.25) is 13.1 Å². The Morgan fingerprint density at radius 1 is 0.414 bits per heavy atom. The van der Waals surface area contributed by atoms with E-state index in [1.54, 1.807) is 0 Å². The topological polar surface area (TPSA) is 0 Å². The summed E-state index contributed by atoms with van der Waals surface area (Å²) in [5.41, 5.74) is 7.98. The van der Waals surface area contributed by atoms with Gasteiger partial charge in [0.1, 0.15) is 0 Å². The van der Waals surface area contributed by atoms with Crippen molar-refractivity contribution in [2.45, 2.75) is 52.6 Å². The Labute approximate surface area is 358 Å². The molecule has 0 unspecified atom stereocenters. The predicted octanol–water partition coefficient (Wildman–Crippen LogP) is 17.5. The van der Waals surface area contributed by atoms with Gasteiger partial charge in [-0.3, -0.25) is 0 Å². The van der Waals surface area contributed by atoms with E-state index in [0.29, 0.717) is 11.8 Å². The van der Waals surface area contributed by atoms with E-state index in [0.717, 1.165) is 0 Å². The van der Waals surface area contributed by atoms with Crippen LogP contribution in [0.5, 0.6) is 0 Å². The molecule has 0 radical (unpaired) electrons. The summed E-state index contributed by atoms with van der Waals surface area (Å²) >= 11 is -1.65. The molecule has 4 heteroatoms. The van der Waals surface area contributed by atoms with Crippen molar-refractivity contribution in [1.82, 2.24) is 0 Å². The molecule has 0 nitrogen and oxygen atoms in total. The fourth-order valence-electron chi connectivity index (χ4n) is 8.23. The van der Waals surface area contributed by atoms with Crippen molar-refractivity contribution in [1.29, 1.82) is 0 Å². The molecule has 0 spiro atoms. The number of hydrogen-bond donors (Lipinski definition) is 0. The first kappa shape index (κ1) is 40.5. The van der Waals surface area contributed by atoms with Crippen molar-refractivity contribution in [3.05, 3.63) is 181 Å². The average Bonchev–Trinajstić information content (AvgIpc) is 3.89. The zero-order valence-corrected chi connectivity index (χ0v) is 39.0. The van der Waals surface area contributed by atoms with Crippen LogP contribution in [0.25, 0.3) is 86.9 Å². The maximum atomic E-state index is 5.62. The molecule has 0 saturated heterocycles. The number of rotatable bonds is 4. The van der Waals surface area contributed by atoms with Crippen LogP contribution in [-0.4, -0.2) is 5.43 Å². The molecular weight excluding hydrogens is 839 g/mol. The SMILES string of the molecule is CC(C)c1cc2c(-c3c4ccccc4cc4ccccc34)cccc2[cH-]1.CC(C)c1cc2c(-c3c4ccccc4cc4ccccc34)cccc2[cH-]1.C[Si](C)=[Zr]([Cl])[Cl]. The van der Waals surface area contributed by atoms with E-state index in [2.05, 4.69) is 211 Å². The molecule has 0 aromatic heterocycles. The van der Waals surface area contributed by atoms with Crippen molar-refractivity contribution in [3.63, 3.8) is 0 Å². The van der Waals surface area contributed by atoms with Gasteiger partial charge in [0.05, 0.1) is 0 Å². The first-order valence-electron chi connectivity index (χ1n) is 20.3. The fraction of sp³-hybridized carbons (Fsp3) is 0.148. The minimum atomic E-state index is -1.65. The number of benzene rings is 8. The summed E-state index contributed by atoms with van der Waals surface area (Å²) in [5.74, 6) is 1.08. The van der Waals surface area contributed by atoms with E-state index in [1.165, 1.54) is 98.0 Å². The van der Waals surface area contributed by atoms with Gasteiger partial charge in [-0.25, -0.2) is 0 Å². The Morgan fingerprint density at radius 3 is 1.02 bits per heavy atom. The first-order chi connectivity index (χ1) is 28.1. The number of hydrogen-bond acceptors (Lipinski definition) is 0. The van der Waals surface area contributed by atoms with Crippen LogP contribution in [0.15, 0.2) is 170 Å². The number of fused-ring (bicyclic) bond motifs is 6. The average molecular weight is 887 g/mol. The van der Waals surface area contributed by atoms with Crippen LogP contribution in [0, 0.1) is 0 Å². The zero-order valence-electron chi connectivity index (χ0n) is 34.1. The molecule has 0 aliphatic heterocycles. The molecule has 0 amide bonds. The summed E-state index contributed by atoms with van der Waals surface area (Å²) in [6, 6.07) is 62.4. The predicted molar refractivity (Wildman–Crippen MR) is 257 cm³/mol. The van der Waals surface area contributed by atoms with Gasteiger partial charge in [0.15, 0.2) is 0 Å². The second-order valence-electron chi connectivity index (χ2n) is 16.2. The summed E-state index contributed by atoms with van der Waals surface area (Å²) in [7, 11) is 11.2. The third-order valence-electron chi connectivity index (χ3n) is 11.3. The van der Waals surface area contributed by atoms with Gasteiger partial charge in [0, 0.05) is 0 Å². The van der Waals surface area contributed by atoms with Crippen molar-refractivity contribution >= 4 is 87.1 Å². The minimum absolute atomic E-state index is 0.224. The molecule has 0 aliphatic rings. The van der Waals surface area contributed by atoms with Gasteiger partial charge in [-0.1, -0.05) is 148 Å². The van der Waals surface area contributed by atoms with E-state index >= 15 is 0 Å². The molecule has 0 atom stereocenters. The molecule has 58 heavy (non-hydrogen) atoms. The zero-order chi connectivity index (χ0) is 40.5. The Hall–Kier alpha value is -4.30. The van der Waals surface area contributed by atoms with Crippen molar-refractivity contribution < 1.29 is 18.0 Å². The Kier molecular flexibility index (Phi) is 12.2. The van der Waals surface area contributed by atoms with E-state index in [1.807, 2.05) is 0 Å². The summed E-state index contributed by atoms with van der Waals surface area (Å²) in [6.07, 6.45) is 0. The van der Waals surface area contributed by atoms with Gasteiger partial charge in [-0.2, -0.15) is 12.1 Å². The van der Waals surface area contributed by atoms with Crippen molar-refractivity contribution in [3.8, 4) is 22.3 Å². The third kappa shape index (κ3) is 8.15. The molecule has 0 bridgehead atoms. The van der Waals surface area contributed by atoms with Gasteiger partial charge in [0.2, 0.25) is 0 Å². The molecular formula is C54H48Cl2SiZr-2. The van der Waals surface area contributed by atoms with Crippen LogP contribution in [-0.2, 0) is 18.0 Å². The van der Waals surface area contributed by atoms with Crippen LogP contribution >= 0.6 is 17.0 Å². The quantitative estimate of drug-likeness (QED) is 0.0938. The fourth-order valence-corrected chi connectivity index (χ4v) is 8.23. The molecule has 0 aliphatic carbocycles. The van der Waals surface area contributed by atoms with Gasteiger partial charge in [0.25, 0.3) is 0 Å². The summed E-state index contributed by atoms with van der Waals surface area (Å²) < 4.78 is 0. The van der Waals surface area contributed by atoms with Crippen LogP contribution in [0.1, 0.15) is 50.7 Å². The standard InChI is InChI=1S/2C26H21.C2H6Si.2ClH.Zr/c2*1-17(2)21-15-20-10-7-13-24(25(20)16-21)26-22-11-5-3-8-18(22)14-19-9-4-6-12-23(19)26;1-3-2;;;/h2*3-17H,1-2H3;1-2H3;2*1H;/q2*-1;;;;+2/p-2. The Morgan fingerprint density at radius 2 is 0.724 bits per heavy atom. The Bertz CT molecular complexity index is 2800. The van der Waals surface area contributed by atoms with Crippen molar-refractivity contribution in [2.75, 3.05) is 0 Å². The van der Waals surface area contributed by atoms with Gasteiger partial charge < -0.3 is 0 Å². The summed E-state index contributed by atoms with van der Waals surface area (Å²) in [4.78, 5) is 0. The maximum absolute atomic E-state index is 5.62. The molecule has 0 saturated carbocycles. The second-order valence-corrected chi connectivity index (χ2v) is 39.1. The molecule has 0 heterocycles. The summed E-state index contributed by atoms with van der Waals surface area (Å²) in [5, 5.41) is 15.9. The van der Waals surface area contributed by atoms with E-state index in [-0.39, 0.29) is 5.43 Å². The Balaban J connectivity index is 0.000000142. The van der Waals surface area contributed by atoms with Gasteiger partial charge in [-0.05, 0) is 78.2 Å².